The first-order chi connectivity index (χ1) is 7.95. The summed E-state index contributed by atoms with van der Waals surface area (Å²) < 4.78 is 1.40. The third-order valence-electron chi connectivity index (χ3n) is 3.08. The predicted molar refractivity (Wildman–Crippen MR) is 65.6 cm³/mol. The van der Waals surface area contributed by atoms with E-state index in [1.165, 1.54) is 4.57 Å². The SMILES string of the molecule is Cc1c(C(=O)O)c(=O)n(C)c2c(C)cccc12. The van der Waals surface area contributed by atoms with Crippen molar-refractivity contribution in [3.05, 3.63) is 45.2 Å². The van der Waals surface area contributed by atoms with E-state index in [2.05, 4.69) is 0 Å². The van der Waals surface area contributed by atoms with Crippen molar-refractivity contribution in [1.82, 2.24) is 4.57 Å². The molecule has 1 aromatic heterocycles. The zero-order valence-electron chi connectivity index (χ0n) is 9.94. The lowest BCUT2D eigenvalue weighted by atomic mass is 10.0. The number of pyridine rings is 1. The van der Waals surface area contributed by atoms with E-state index >= 15 is 0 Å². The maximum absolute atomic E-state index is 12.0. The van der Waals surface area contributed by atoms with E-state index < -0.39 is 11.5 Å². The summed E-state index contributed by atoms with van der Waals surface area (Å²) in [4.78, 5) is 23.1. The van der Waals surface area contributed by atoms with Crippen LogP contribution in [-0.2, 0) is 7.05 Å². The summed E-state index contributed by atoms with van der Waals surface area (Å²) in [6.07, 6.45) is 0. The number of aromatic carboxylic acids is 1. The molecule has 0 atom stereocenters. The monoisotopic (exact) mass is 231 g/mol. The molecule has 0 aliphatic rings. The number of hydrogen-bond acceptors (Lipinski definition) is 2. The lowest BCUT2D eigenvalue weighted by Gasteiger charge is -2.12. The molecule has 0 aliphatic heterocycles. The highest BCUT2D eigenvalue weighted by molar-refractivity contribution is 5.96. The zero-order chi connectivity index (χ0) is 12.7. The molecule has 1 N–H and O–H groups in total. The number of para-hydroxylation sites is 1. The van der Waals surface area contributed by atoms with Crippen molar-refractivity contribution in [3.63, 3.8) is 0 Å². The number of fused-ring (bicyclic) bond motifs is 1. The van der Waals surface area contributed by atoms with Crippen molar-refractivity contribution >= 4 is 16.9 Å². The summed E-state index contributed by atoms with van der Waals surface area (Å²) in [5.41, 5.74) is 1.67. The van der Waals surface area contributed by atoms with Crippen molar-refractivity contribution in [2.45, 2.75) is 13.8 Å². The largest absolute Gasteiger partial charge is 0.477 e. The Bertz CT molecular complexity index is 683. The van der Waals surface area contributed by atoms with Gasteiger partial charge in [-0.15, -0.1) is 0 Å². The molecule has 0 fully saturated rings. The molecule has 2 rings (SSSR count). The fraction of sp³-hybridized carbons (Fsp3) is 0.231. The lowest BCUT2D eigenvalue weighted by Crippen LogP contribution is -2.26. The van der Waals surface area contributed by atoms with Gasteiger partial charge in [-0.3, -0.25) is 4.79 Å². The van der Waals surface area contributed by atoms with Gasteiger partial charge in [0.15, 0.2) is 0 Å². The number of carboxylic acids is 1. The van der Waals surface area contributed by atoms with Gasteiger partial charge in [-0.2, -0.15) is 0 Å². The van der Waals surface area contributed by atoms with Crippen LogP contribution in [0.25, 0.3) is 10.9 Å². The Morgan fingerprint density at radius 2 is 1.94 bits per heavy atom. The second-order valence-electron chi connectivity index (χ2n) is 4.14. The van der Waals surface area contributed by atoms with Crippen LogP contribution >= 0.6 is 0 Å². The van der Waals surface area contributed by atoms with E-state index in [-0.39, 0.29) is 5.56 Å². The number of hydrogen-bond donors (Lipinski definition) is 1. The van der Waals surface area contributed by atoms with E-state index in [0.717, 1.165) is 16.5 Å². The molecule has 0 unspecified atom stereocenters. The smallest absolute Gasteiger partial charge is 0.341 e. The van der Waals surface area contributed by atoms with Crippen molar-refractivity contribution in [2.24, 2.45) is 7.05 Å². The summed E-state index contributed by atoms with van der Waals surface area (Å²) >= 11 is 0. The van der Waals surface area contributed by atoms with Gasteiger partial charge in [0.2, 0.25) is 0 Å². The minimum Gasteiger partial charge on any atom is -0.477 e. The van der Waals surface area contributed by atoms with Gasteiger partial charge in [-0.25, -0.2) is 4.79 Å². The fourth-order valence-corrected chi connectivity index (χ4v) is 2.22. The zero-order valence-corrected chi connectivity index (χ0v) is 9.94. The number of benzene rings is 1. The van der Waals surface area contributed by atoms with Crippen LogP contribution in [0.3, 0.4) is 0 Å². The van der Waals surface area contributed by atoms with Gasteiger partial charge in [-0.1, -0.05) is 18.2 Å². The minimum absolute atomic E-state index is 0.148. The number of carbonyl (C=O) groups is 1. The van der Waals surface area contributed by atoms with E-state index in [9.17, 15) is 9.59 Å². The Balaban J connectivity index is 3.12. The van der Waals surface area contributed by atoms with E-state index in [4.69, 9.17) is 5.11 Å². The van der Waals surface area contributed by atoms with Crippen LogP contribution in [0.1, 0.15) is 21.5 Å². The highest BCUT2D eigenvalue weighted by Crippen LogP contribution is 2.21. The van der Waals surface area contributed by atoms with Gasteiger partial charge in [-0.05, 0) is 25.0 Å². The summed E-state index contributed by atoms with van der Waals surface area (Å²) in [5.74, 6) is -1.17. The summed E-state index contributed by atoms with van der Waals surface area (Å²) in [6.45, 7) is 3.58. The van der Waals surface area contributed by atoms with Gasteiger partial charge in [0.05, 0.1) is 5.52 Å². The third-order valence-corrected chi connectivity index (χ3v) is 3.08. The van der Waals surface area contributed by atoms with Crippen molar-refractivity contribution in [3.8, 4) is 0 Å². The molecular formula is C13H13NO3. The Kier molecular flexibility index (Phi) is 2.50. The number of rotatable bonds is 1. The molecule has 4 heteroatoms. The molecule has 88 valence electrons. The van der Waals surface area contributed by atoms with Crippen LogP contribution in [-0.4, -0.2) is 15.6 Å². The Morgan fingerprint density at radius 1 is 1.29 bits per heavy atom. The average Bonchev–Trinajstić information content (AvgIpc) is 2.25. The maximum Gasteiger partial charge on any atom is 0.341 e. The second kappa shape index (κ2) is 3.73. The van der Waals surface area contributed by atoms with Crippen LogP contribution in [0.5, 0.6) is 0 Å². The van der Waals surface area contributed by atoms with Crippen molar-refractivity contribution < 1.29 is 9.90 Å². The first-order valence-corrected chi connectivity index (χ1v) is 5.27. The molecule has 0 saturated carbocycles. The van der Waals surface area contributed by atoms with Gasteiger partial charge in [0.25, 0.3) is 5.56 Å². The molecule has 1 heterocycles. The van der Waals surface area contributed by atoms with E-state index in [0.29, 0.717) is 5.56 Å². The van der Waals surface area contributed by atoms with Crippen LogP contribution in [0, 0.1) is 13.8 Å². The lowest BCUT2D eigenvalue weighted by molar-refractivity contribution is 0.0694. The Morgan fingerprint density at radius 3 is 2.53 bits per heavy atom. The van der Waals surface area contributed by atoms with Gasteiger partial charge in [0, 0.05) is 12.4 Å². The summed E-state index contributed by atoms with van der Waals surface area (Å²) in [6, 6.07) is 5.60. The molecule has 0 aliphatic carbocycles. The second-order valence-corrected chi connectivity index (χ2v) is 4.14. The topological polar surface area (TPSA) is 59.3 Å². The Hall–Kier alpha value is -2.10. The molecule has 4 nitrogen and oxygen atoms in total. The number of carboxylic acid groups (broad SMARTS) is 1. The van der Waals surface area contributed by atoms with E-state index in [1.54, 1.807) is 14.0 Å². The minimum atomic E-state index is -1.17. The average molecular weight is 231 g/mol. The number of aromatic nitrogens is 1. The van der Waals surface area contributed by atoms with Crippen LogP contribution in [0.4, 0.5) is 0 Å². The first-order valence-electron chi connectivity index (χ1n) is 5.27. The van der Waals surface area contributed by atoms with Crippen LogP contribution in [0.2, 0.25) is 0 Å². The van der Waals surface area contributed by atoms with Gasteiger partial charge in [0.1, 0.15) is 5.56 Å². The highest BCUT2D eigenvalue weighted by atomic mass is 16.4. The molecule has 0 amide bonds. The predicted octanol–water partition coefficient (Wildman–Crippen LogP) is 1.85. The fourth-order valence-electron chi connectivity index (χ4n) is 2.22. The summed E-state index contributed by atoms with van der Waals surface area (Å²) in [7, 11) is 1.60. The molecule has 0 bridgehead atoms. The van der Waals surface area contributed by atoms with E-state index in [1.807, 2.05) is 25.1 Å². The summed E-state index contributed by atoms with van der Waals surface area (Å²) in [5, 5.41) is 9.90. The first kappa shape index (κ1) is 11.4. The number of nitrogens with zero attached hydrogens (tertiary/aromatic N) is 1. The molecular weight excluding hydrogens is 218 g/mol. The highest BCUT2D eigenvalue weighted by Gasteiger charge is 2.18. The van der Waals surface area contributed by atoms with Gasteiger partial charge < -0.3 is 9.67 Å². The quantitative estimate of drug-likeness (QED) is 0.814. The normalized spacial score (nSPS) is 10.8. The molecule has 17 heavy (non-hydrogen) atoms. The van der Waals surface area contributed by atoms with Crippen LogP contribution < -0.4 is 5.56 Å². The maximum atomic E-state index is 12.0. The Labute approximate surface area is 98.1 Å². The molecule has 0 radical (unpaired) electrons. The molecule has 2 aromatic rings. The van der Waals surface area contributed by atoms with Gasteiger partial charge >= 0.3 is 5.97 Å². The number of aryl methyl sites for hydroxylation is 3. The van der Waals surface area contributed by atoms with Crippen molar-refractivity contribution in [2.75, 3.05) is 0 Å². The molecule has 0 spiro atoms. The van der Waals surface area contributed by atoms with Crippen LogP contribution in [0.15, 0.2) is 23.0 Å². The standard InChI is InChI=1S/C13H13NO3/c1-7-5-4-6-9-8(2)10(13(16)17)12(15)14(3)11(7)9/h4-6H,1-3H3,(H,16,17). The molecule has 0 saturated heterocycles. The molecule has 1 aromatic carbocycles. The third kappa shape index (κ3) is 1.53. The van der Waals surface area contributed by atoms with Crippen molar-refractivity contribution in [1.29, 1.82) is 0 Å².